The number of anilines is 2. The van der Waals surface area contributed by atoms with Crippen LogP contribution in [0, 0.1) is 13.8 Å². The standard InChI is InChI=1S/C21H22N2O4/c1-14-5-6-16(12-15(14)2)21(26)27-13-19(24)22-17-7-9-18(10-8-17)23-11-3-4-20(23)25/h5-10,12H,3-4,11,13H2,1-2H3,(H,22,24). The number of esters is 1. The van der Waals surface area contributed by atoms with Crippen molar-refractivity contribution in [2.24, 2.45) is 0 Å². The van der Waals surface area contributed by atoms with E-state index in [2.05, 4.69) is 5.32 Å². The zero-order chi connectivity index (χ0) is 19.4. The van der Waals surface area contributed by atoms with Gasteiger partial charge in [0.25, 0.3) is 5.91 Å². The number of ether oxygens (including phenoxy) is 1. The van der Waals surface area contributed by atoms with Gasteiger partial charge in [-0.2, -0.15) is 0 Å². The zero-order valence-corrected chi connectivity index (χ0v) is 15.5. The van der Waals surface area contributed by atoms with Crippen LogP contribution in [0.1, 0.15) is 34.3 Å². The maximum Gasteiger partial charge on any atom is 0.338 e. The fourth-order valence-corrected chi connectivity index (χ4v) is 2.93. The molecule has 0 saturated carbocycles. The van der Waals surface area contributed by atoms with E-state index in [1.807, 2.05) is 19.9 Å². The Kier molecular flexibility index (Phi) is 5.54. The lowest BCUT2D eigenvalue weighted by molar-refractivity contribution is -0.119. The molecule has 6 nitrogen and oxygen atoms in total. The predicted molar refractivity (Wildman–Crippen MR) is 103 cm³/mol. The summed E-state index contributed by atoms with van der Waals surface area (Å²) in [4.78, 5) is 37.5. The van der Waals surface area contributed by atoms with Crippen LogP contribution in [0.4, 0.5) is 11.4 Å². The quantitative estimate of drug-likeness (QED) is 0.825. The van der Waals surface area contributed by atoms with Gasteiger partial charge in [0, 0.05) is 24.3 Å². The largest absolute Gasteiger partial charge is 0.452 e. The van der Waals surface area contributed by atoms with E-state index in [0.29, 0.717) is 17.7 Å². The highest BCUT2D eigenvalue weighted by atomic mass is 16.5. The average Bonchev–Trinajstić information content (AvgIpc) is 3.08. The summed E-state index contributed by atoms with van der Waals surface area (Å²) in [7, 11) is 0. The highest BCUT2D eigenvalue weighted by Gasteiger charge is 2.21. The van der Waals surface area contributed by atoms with Crippen molar-refractivity contribution < 1.29 is 19.1 Å². The van der Waals surface area contributed by atoms with Crippen LogP contribution in [-0.2, 0) is 14.3 Å². The Hall–Kier alpha value is -3.15. The molecule has 0 radical (unpaired) electrons. The molecule has 1 aliphatic heterocycles. The van der Waals surface area contributed by atoms with Gasteiger partial charge in [-0.15, -0.1) is 0 Å². The van der Waals surface area contributed by atoms with Crippen molar-refractivity contribution in [3.8, 4) is 0 Å². The molecule has 2 amide bonds. The summed E-state index contributed by atoms with van der Waals surface area (Å²) in [6.07, 6.45) is 1.44. The molecule has 3 rings (SSSR count). The number of rotatable bonds is 5. The van der Waals surface area contributed by atoms with Crippen molar-refractivity contribution in [3.05, 3.63) is 59.2 Å². The van der Waals surface area contributed by atoms with Gasteiger partial charge in [0.05, 0.1) is 5.56 Å². The molecular weight excluding hydrogens is 344 g/mol. The molecule has 140 valence electrons. The van der Waals surface area contributed by atoms with Crippen LogP contribution in [0.3, 0.4) is 0 Å². The molecule has 0 atom stereocenters. The predicted octanol–water partition coefficient (Wildman–Crippen LogP) is 3.23. The molecule has 1 fully saturated rings. The van der Waals surface area contributed by atoms with E-state index in [1.54, 1.807) is 41.3 Å². The molecule has 1 N–H and O–H groups in total. The van der Waals surface area contributed by atoms with Gasteiger partial charge in [0.15, 0.2) is 6.61 Å². The number of nitrogens with zero attached hydrogens (tertiary/aromatic N) is 1. The number of hydrogen-bond acceptors (Lipinski definition) is 4. The lowest BCUT2D eigenvalue weighted by Crippen LogP contribution is -2.23. The van der Waals surface area contributed by atoms with Gasteiger partial charge in [0.1, 0.15) is 0 Å². The molecule has 0 bridgehead atoms. The molecule has 2 aromatic carbocycles. The van der Waals surface area contributed by atoms with E-state index >= 15 is 0 Å². The van der Waals surface area contributed by atoms with Crippen LogP contribution >= 0.6 is 0 Å². The smallest absolute Gasteiger partial charge is 0.338 e. The van der Waals surface area contributed by atoms with Crippen LogP contribution in [0.15, 0.2) is 42.5 Å². The molecule has 27 heavy (non-hydrogen) atoms. The van der Waals surface area contributed by atoms with Gasteiger partial charge in [-0.3, -0.25) is 9.59 Å². The minimum absolute atomic E-state index is 0.116. The first kappa shape index (κ1) is 18.6. The summed E-state index contributed by atoms with van der Waals surface area (Å²) in [6.45, 7) is 4.23. The molecule has 0 aliphatic carbocycles. The first-order valence-corrected chi connectivity index (χ1v) is 8.89. The Labute approximate surface area is 158 Å². The van der Waals surface area contributed by atoms with Gasteiger partial charge < -0.3 is 15.0 Å². The number of aryl methyl sites for hydroxylation is 2. The van der Waals surface area contributed by atoms with Crippen molar-refractivity contribution >= 4 is 29.2 Å². The Balaban J connectivity index is 1.52. The lowest BCUT2D eigenvalue weighted by Gasteiger charge is -2.16. The fraction of sp³-hybridized carbons (Fsp3) is 0.286. The third-order valence-electron chi connectivity index (χ3n) is 4.61. The minimum atomic E-state index is -0.531. The van der Waals surface area contributed by atoms with Crippen LogP contribution in [0.25, 0.3) is 0 Å². The van der Waals surface area contributed by atoms with E-state index in [1.165, 1.54) is 0 Å². The number of carbonyl (C=O) groups excluding carboxylic acids is 3. The van der Waals surface area contributed by atoms with E-state index in [0.717, 1.165) is 29.8 Å². The van der Waals surface area contributed by atoms with Crippen molar-refractivity contribution in [3.63, 3.8) is 0 Å². The van der Waals surface area contributed by atoms with Crippen molar-refractivity contribution in [1.29, 1.82) is 0 Å². The topological polar surface area (TPSA) is 75.7 Å². The van der Waals surface area contributed by atoms with Crippen LogP contribution in [0.5, 0.6) is 0 Å². The number of nitrogens with one attached hydrogen (secondary N) is 1. The second-order valence-corrected chi connectivity index (χ2v) is 6.62. The Bertz CT molecular complexity index is 874. The maximum absolute atomic E-state index is 12.0. The van der Waals surface area contributed by atoms with Crippen molar-refractivity contribution in [2.45, 2.75) is 26.7 Å². The molecule has 2 aromatic rings. The first-order chi connectivity index (χ1) is 12.9. The van der Waals surface area contributed by atoms with Gasteiger partial charge in [0.2, 0.25) is 5.91 Å². The number of benzene rings is 2. The van der Waals surface area contributed by atoms with Crippen molar-refractivity contribution in [1.82, 2.24) is 0 Å². The molecule has 1 heterocycles. The van der Waals surface area contributed by atoms with E-state index in [-0.39, 0.29) is 12.5 Å². The molecule has 1 aliphatic rings. The third-order valence-corrected chi connectivity index (χ3v) is 4.61. The summed E-state index contributed by atoms with van der Waals surface area (Å²) < 4.78 is 5.07. The van der Waals surface area contributed by atoms with Crippen LogP contribution in [0.2, 0.25) is 0 Å². The summed E-state index contributed by atoms with van der Waals surface area (Å²) in [6, 6.07) is 12.3. The van der Waals surface area contributed by atoms with E-state index < -0.39 is 11.9 Å². The summed E-state index contributed by atoms with van der Waals surface area (Å²) >= 11 is 0. The van der Waals surface area contributed by atoms with Crippen LogP contribution in [-0.4, -0.2) is 30.9 Å². The third kappa shape index (κ3) is 4.53. The fourth-order valence-electron chi connectivity index (χ4n) is 2.93. The Morgan fingerprint density at radius 2 is 1.81 bits per heavy atom. The highest BCUT2D eigenvalue weighted by molar-refractivity contribution is 5.97. The number of carbonyl (C=O) groups is 3. The highest BCUT2D eigenvalue weighted by Crippen LogP contribution is 2.23. The maximum atomic E-state index is 12.0. The van der Waals surface area contributed by atoms with Gasteiger partial charge in [-0.1, -0.05) is 6.07 Å². The Morgan fingerprint density at radius 3 is 2.44 bits per heavy atom. The molecule has 6 heteroatoms. The summed E-state index contributed by atoms with van der Waals surface area (Å²) in [5, 5.41) is 2.68. The second-order valence-electron chi connectivity index (χ2n) is 6.62. The second kappa shape index (κ2) is 8.03. The zero-order valence-electron chi connectivity index (χ0n) is 15.5. The number of hydrogen-bond donors (Lipinski definition) is 1. The van der Waals surface area contributed by atoms with Crippen molar-refractivity contribution in [2.75, 3.05) is 23.4 Å². The van der Waals surface area contributed by atoms with Gasteiger partial charge in [-0.25, -0.2) is 4.79 Å². The molecule has 1 saturated heterocycles. The van der Waals surface area contributed by atoms with E-state index in [9.17, 15) is 14.4 Å². The van der Waals surface area contributed by atoms with Crippen LogP contribution < -0.4 is 10.2 Å². The van der Waals surface area contributed by atoms with Gasteiger partial charge in [-0.05, 0) is 67.8 Å². The van der Waals surface area contributed by atoms with Gasteiger partial charge >= 0.3 is 5.97 Å². The number of amides is 2. The first-order valence-electron chi connectivity index (χ1n) is 8.89. The normalized spacial score (nSPS) is 13.6. The summed E-state index contributed by atoms with van der Waals surface area (Å²) in [5.41, 5.74) is 3.90. The average molecular weight is 366 g/mol. The Morgan fingerprint density at radius 1 is 1.07 bits per heavy atom. The molecule has 0 aromatic heterocycles. The van der Waals surface area contributed by atoms with E-state index in [4.69, 9.17) is 4.74 Å². The SMILES string of the molecule is Cc1ccc(C(=O)OCC(=O)Nc2ccc(N3CCCC3=O)cc2)cc1C. The molecule has 0 spiro atoms. The molecular formula is C21H22N2O4. The minimum Gasteiger partial charge on any atom is -0.452 e. The lowest BCUT2D eigenvalue weighted by atomic mass is 10.1. The summed E-state index contributed by atoms with van der Waals surface area (Å²) in [5.74, 6) is -0.835. The molecule has 0 unspecified atom stereocenters. The monoisotopic (exact) mass is 366 g/mol.